The van der Waals surface area contributed by atoms with Gasteiger partial charge in [-0.2, -0.15) is 12.6 Å². The molecule has 210 valence electrons. The van der Waals surface area contributed by atoms with Gasteiger partial charge in [-0.25, -0.2) is 4.39 Å². The Morgan fingerprint density at radius 2 is 2.03 bits per heavy atom. The topological polar surface area (TPSA) is 138 Å². The third-order valence-electron chi connectivity index (χ3n) is 5.51. The molecule has 2 heterocycles. The van der Waals surface area contributed by atoms with Crippen LogP contribution in [0.4, 0.5) is 4.39 Å². The van der Waals surface area contributed by atoms with Crippen molar-refractivity contribution in [2.24, 2.45) is 5.73 Å². The highest BCUT2D eigenvalue weighted by atomic mass is 32.1. The van der Waals surface area contributed by atoms with Gasteiger partial charge in [0.25, 0.3) is 0 Å². The minimum absolute atomic E-state index is 0.00808. The fraction of sp³-hybridized carbons (Fsp3) is 0.462. The van der Waals surface area contributed by atoms with Crippen LogP contribution in [0, 0.1) is 11.2 Å². The lowest BCUT2D eigenvalue weighted by Gasteiger charge is -2.25. The summed E-state index contributed by atoms with van der Waals surface area (Å²) >= 11 is 4.95. The molecule has 0 radical (unpaired) electrons. The Morgan fingerprint density at radius 3 is 2.61 bits per heavy atom. The predicted octanol–water partition coefficient (Wildman–Crippen LogP) is 3.50. The van der Waals surface area contributed by atoms with Gasteiger partial charge < -0.3 is 26.0 Å². The first-order valence-corrected chi connectivity index (χ1v) is 14.1. The lowest BCUT2D eigenvalue weighted by atomic mass is 10.1. The van der Waals surface area contributed by atoms with Crippen LogP contribution in [0.15, 0.2) is 35.7 Å². The maximum absolute atomic E-state index is 12.5. The van der Waals surface area contributed by atoms with Crippen LogP contribution in [-0.2, 0) is 14.4 Å². The summed E-state index contributed by atoms with van der Waals surface area (Å²) in [5, 5.41) is 14.4. The number of carbonyl (C=O) groups excluding carboxylic acids is 3. The third kappa shape index (κ3) is 11.1. The van der Waals surface area contributed by atoms with Crippen LogP contribution >= 0.6 is 24.0 Å². The Bertz CT molecular complexity index is 1020. The van der Waals surface area contributed by atoms with Crippen molar-refractivity contribution in [3.8, 4) is 5.75 Å². The zero-order valence-corrected chi connectivity index (χ0v) is 23.7. The van der Waals surface area contributed by atoms with Crippen LogP contribution in [0.3, 0.4) is 0 Å². The molecule has 12 heteroatoms. The molecule has 1 unspecified atom stereocenters. The number of hydrogen-bond donors (Lipinski definition) is 5. The molecule has 1 saturated heterocycles. The number of likely N-dealkylation sites (tertiary alicyclic amines) is 1. The molecule has 0 aliphatic carbocycles. The lowest BCUT2D eigenvalue weighted by Crippen LogP contribution is -2.48. The molecule has 38 heavy (non-hydrogen) atoms. The minimum Gasteiger partial charge on any atom is -0.494 e. The maximum Gasteiger partial charge on any atom is 0.243 e. The molecular formula is C26H38FN5O4S2. The summed E-state index contributed by atoms with van der Waals surface area (Å²) in [6.07, 6.45) is 5.67. The second-order valence-corrected chi connectivity index (χ2v) is 9.22. The van der Waals surface area contributed by atoms with E-state index >= 15 is 0 Å². The number of nitrogens with one attached hydrogen (secondary N) is 3. The summed E-state index contributed by atoms with van der Waals surface area (Å²) in [6.45, 7) is 5.08. The van der Waals surface area contributed by atoms with E-state index in [9.17, 15) is 18.8 Å². The van der Waals surface area contributed by atoms with Gasteiger partial charge in [0.15, 0.2) is 0 Å². The highest BCUT2D eigenvalue weighted by Gasteiger charge is 2.34. The first-order valence-electron chi connectivity index (χ1n) is 12.3. The average molecular weight is 568 g/mol. The van der Waals surface area contributed by atoms with Crippen LogP contribution in [0.5, 0.6) is 5.75 Å². The number of nitrogens with two attached hydrogens (primary N) is 1. The summed E-state index contributed by atoms with van der Waals surface area (Å²) in [5.74, 6) is 0.0357. The van der Waals surface area contributed by atoms with Gasteiger partial charge in [0, 0.05) is 22.4 Å². The van der Waals surface area contributed by atoms with Crippen molar-refractivity contribution < 1.29 is 23.5 Å². The molecule has 0 spiro atoms. The number of thiophene rings is 1. The van der Waals surface area contributed by atoms with Gasteiger partial charge in [0.1, 0.15) is 23.4 Å². The van der Waals surface area contributed by atoms with Gasteiger partial charge in [0.05, 0.1) is 19.2 Å². The van der Waals surface area contributed by atoms with E-state index in [0.29, 0.717) is 31.5 Å². The molecule has 1 aromatic carbocycles. The first-order chi connectivity index (χ1) is 18.3. The fourth-order valence-electron chi connectivity index (χ4n) is 3.54. The number of rotatable bonds is 11. The Morgan fingerprint density at radius 1 is 1.34 bits per heavy atom. The molecular weight excluding hydrogens is 529 g/mol. The molecule has 3 rings (SSSR count). The second kappa shape index (κ2) is 18.2. The third-order valence-corrected chi connectivity index (χ3v) is 6.62. The Kier molecular flexibility index (Phi) is 15.7. The standard InChI is InChI=1S/C15H21N5O3S.C10H13FO.CH4S/c1-9(12-5-10(7-24-12)14(16)17)19-15(23)11-3-2-4-20(11)13(22)6-18-8-21;1-2-3-8-12-10-6-4-9(11)5-7-10;1-2/h5,7-9,11H,2-4,6H2,1H3,(H3,16,17)(H,18,21)(H,19,23);4-7H,2-3,8H2,1H3;2H,1H3/t9-,11?;;/m1../s1. The number of amidine groups is 1. The first kappa shape index (κ1) is 32.9. The van der Waals surface area contributed by atoms with Gasteiger partial charge in [0.2, 0.25) is 18.2 Å². The van der Waals surface area contributed by atoms with Crippen LogP contribution < -0.4 is 21.1 Å². The molecule has 0 bridgehead atoms. The smallest absolute Gasteiger partial charge is 0.243 e. The summed E-state index contributed by atoms with van der Waals surface area (Å²) in [5.41, 5.74) is 6.08. The van der Waals surface area contributed by atoms with E-state index in [2.05, 4.69) is 30.2 Å². The van der Waals surface area contributed by atoms with Gasteiger partial charge in [-0.1, -0.05) is 13.3 Å². The van der Waals surface area contributed by atoms with Crippen molar-refractivity contribution >= 4 is 48.0 Å². The van der Waals surface area contributed by atoms with Crippen molar-refractivity contribution in [3.05, 3.63) is 52.0 Å². The lowest BCUT2D eigenvalue weighted by molar-refractivity contribution is -0.138. The number of nitrogen functional groups attached to an aromatic ring is 1. The normalized spacial score (nSPS) is 14.7. The van der Waals surface area contributed by atoms with Crippen molar-refractivity contribution in [2.45, 2.75) is 51.6 Å². The van der Waals surface area contributed by atoms with Crippen molar-refractivity contribution in [1.29, 1.82) is 5.41 Å². The van der Waals surface area contributed by atoms with Gasteiger partial charge >= 0.3 is 0 Å². The number of benzene rings is 1. The molecule has 2 atom stereocenters. The van der Waals surface area contributed by atoms with Crippen molar-refractivity contribution in [2.75, 3.05) is 26.0 Å². The molecule has 1 aliphatic rings. The number of unbranched alkanes of at least 4 members (excludes halogenated alkanes) is 1. The molecule has 1 aromatic heterocycles. The van der Waals surface area contributed by atoms with E-state index in [1.165, 1.54) is 28.4 Å². The molecule has 1 aliphatic heterocycles. The zero-order valence-electron chi connectivity index (χ0n) is 22.0. The fourth-order valence-corrected chi connectivity index (χ4v) is 4.45. The van der Waals surface area contributed by atoms with E-state index in [1.807, 2.05) is 6.92 Å². The number of halogens is 1. The number of amides is 3. The molecule has 0 saturated carbocycles. The monoisotopic (exact) mass is 567 g/mol. The highest BCUT2D eigenvalue weighted by Crippen LogP contribution is 2.23. The van der Waals surface area contributed by atoms with Crippen LogP contribution in [0.1, 0.15) is 56.0 Å². The quantitative estimate of drug-likeness (QED) is 0.0931. The minimum atomic E-state index is -0.513. The maximum atomic E-state index is 12.5. The van der Waals surface area contributed by atoms with Crippen molar-refractivity contribution in [3.63, 3.8) is 0 Å². The Labute approximate surface area is 233 Å². The molecule has 9 nitrogen and oxygen atoms in total. The van der Waals surface area contributed by atoms with Gasteiger partial charge in [-0.3, -0.25) is 19.8 Å². The summed E-state index contributed by atoms with van der Waals surface area (Å²) in [6, 6.07) is 7.13. The van der Waals surface area contributed by atoms with Crippen molar-refractivity contribution in [1.82, 2.24) is 15.5 Å². The number of thiol groups is 1. The van der Waals surface area contributed by atoms with E-state index in [0.717, 1.165) is 29.9 Å². The number of ether oxygens (including phenoxy) is 1. The SMILES string of the molecule is CCCCOc1ccc(F)cc1.CS.C[C@@H](NC(=O)C1CCCN1C(=O)CNC=O)c1cc(C(=N)N)cs1. The van der Waals surface area contributed by atoms with Crippen LogP contribution in [0.2, 0.25) is 0 Å². The molecule has 1 fully saturated rings. The number of nitrogens with zero attached hydrogens (tertiary/aromatic N) is 1. The molecule has 5 N–H and O–H groups in total. The predicted molar refractivity (Wildman–Crippen MR) is 152 cm³/mol. The van der Waals surface area contributed by atoms with E-state index in [-0.39, 0.29) is 36.1 Å². The molecule has 2 aromatic rings. The largest absolute Gasteiger partial charge is 0.494 e. The number of hydrogen-bond acceptors (Lipinski definition) is 7. The highest BCUT2D eigenvalue weighted by molar-refractivity contribution is 7.79. The summed E-state index contributed by atoms with van der Waals surface area (Å²) in [7, 11) is 0. The van der Waals surface area contributed by atoms with E-state index in [1.54, 1.807) is 29.8 Å². The molecule has 3 amide bonds. The summed E-state index contributed by atoms with van der Waals surface area (Å²) in [4.78, 5) is 37.3. The van der Waals surface area contributed by atoms with Gasteiger partial charge in [-0.05, 0) is 62.8 Å². The van der Waals surface area contributed by atoms with E-state index < -0.39 is 6.04 Å². The van der Waals surface area contributed by atoms with Crippen LogP contribution in [-0.4, -0.2) is 61.0 Å². The van der Waals surface area contributed by atoms with Crippen LogP contribution in [0.25, 0.3) is 0 Å². The number of carbonyl (C=O) groups is 3. The zero-order chi connectivity index (χ0) is 28.5. The Hall–Kier alpha value is -3.12. The van der Waals surface area contributed by atoms with E-state index in [4.69, 9.17) is 15.9 Å². The van der Waals surface area contributed by atoms with Gasteiger partial charge in [-0.15, -0.1) is 11.3 Å². The average Bonchev–Trinajstić information content (AvgIpc) is 3.61. The Balaban J connectivity index is 0.000000432. The summed E-state index contributed by atoms with van der Waals surface area (Å²) < 4.78 is 17.8. The second-order valence-electron chi connectivity index (χ2n) is 8.28.